The van der Waals surface area contributed by atoms with Crippen LogP contribution < -0.4 is 4.89 Å². The van der Waals surface area contributed by atoms with E-state index in [-0.39, 0.29) is 6.01 Å². The zero-order valence-corrected chi connectivity index (χ0v) is 12.3. The Kier molecular flexibility index (Phi) is 3.80. The van der Waals surface area contributed by atoms with Crippen LogP contribution in [0.2, 0.25) is 0 Å². The molecule has 0 aliphatic carbocycles. The molecule has 3 aromatic rings. The molecule has 0 saturated carbocycles. The summed E-state index contributed by atoms with van der Waals surface area (Å²) >= 11 is 0. The highest BCUT2D eigenvalue weighted by Gasteiger charge is 2.13. The predicted molar refractivity (Wildman–Crippen MR) is 83.4 cm³/mol. The molecule has 0 fully saturated rings. The lowest BCUT2D eigenvalue weighted by atomic mass is 10.1. The maximum Gasteiger partial charge on any atom is 0.357 e. The molecule has 5 nitrogen and oxygen atoms in total. The standard InChI is InChI=1S/C17H15N3O2/c1-11-7-3-5-9-13(11)15-18-16(20-17(19-15)22-21)14-10-6-4-8-12(14)2/h3-10,21H,1-2H3. The van der Waals surface area contributed by atoms with E-state index in [1.54, 1.807) is 0 Å². The number of nitrogens with zero attached hydrogens (tertiary/aromatic N) is 3. The summed E-state index contributed by atoms with van der Waals surface area (Å²) < 4.78 is 0. The normalized spacial score (nSPS) is 10.5. The second kappa shape index (κ2) is 5.91. The lowest BCUT2D eigenvalue weighted by Crippen LogP contribution is -2.02. The van der Waals surface area contributed by atoms with Crippen LogP contribution in [-0.2, 0) is 0 Å². The van der Waals surface area contributed by atoms with Crippen LogP contribution >= 0.6 is 0 Å². The molecule has 3 rings (SSSR count). The molecule has 0 bridgehead atoms. The summed E-state index contributed by atoms with van der Waals surface area (Å²) in [4.78, 5) is 17.1. The average molecular weight is 293 g/mol. The van der Waals surface area contributed by atoms with Gasteiger partial charge in [-0.15, -0.1) is 0 Å². The van der Waals surface area contributed by atoms with Crippen LogP contribution in [0.1, 0.15) is 11.1 Å². The van der Waals surface area contributed by atoms with Crippen molar-refractivity contribution in [1.29, 1.82) is 0 Å². The highest BCUT2D eigenvalue weighted by molar-refractivity contribution is 5.65. The van der Waals surface area contributed by atoms with Gasteiger partial charge < -0.3 is 0 Å². The highest BCUT2D eigenvalue weighted by Crippen LogP contribution is 2.25. The molecule has 1 N–H and O–H groups in total. The third-order valence-electron chi connectivity index (χ3n) is 3.47. The molecule has 5 heteroatoms. The van der Waals surface area contributed by atoms with Gasteiger partial charge in [0.05, 0.1) is 0 Å². The molecule has 1 aromatic heterocycles. The third-order valence-corrected chi connectivity index (χ3v) is 3.47. The number of hydrogen-bond acceptors (Lipinski definition) is 5. The van der Waals surface area contributed by atoms with Crippen LogP contribution in [0.25, 0.3) is 22.8 Å². The minimum Gasteiger partial charge on any atom is -0.297 e. The smallest absolute Gasteiger partial charge is 0.297 e. The summed E-state index contributed by atoms with van der Waals surface area (Å²) in [6, 6.07) is 15.4. The van der Waals surface area contributed by atoms with Crippen molar-refractivity contribution in [2.75, 3.05) is 0 Å². The molecule has 0 aliphatic rings. The molecule has 0 amide bonds. The fourth-order valence-corrected chi connectivity index (χ4v) is 2.29. The van der Waals surface area contributed by atoms with Crippen molar-refractivity contribution in [2.24, 2.45) is 0 Å². The number of aromatic nitrogens is 3. The third kappa shape index (κ3) is 2.66. The Morgan fingerprint density at radius 2 is 1.18 bits per heavy atom. The van der Waals surface area contributed by atoms with E-state index >= 15 is 0 Å². The Hall–Kier alpha value is -2.79. The minimum atomic E-state index is -0.119. The van der Waals surface area contributed by atoms with Gasteiger partial charge in [-0.05, 0) is 25.0 Å². The van der Waals surface area contributed by atoms with Crippen molar-refractivity contribution in [2.45, 2.75) is 13.8 Å². The first kappa shape index (κ1) is 14.2. The van der Waals surface area contributed by atoms with E-state index in [2.05, 4.69) is 19.8 Å². The summed E-state index contributed by atoms with van der Waals surface area (Å²) in [6.45, 7) is 3.96. The molecule has 0 spiro atoms. The quantitative estimate of drug-likeness (QED) is 0.589. The van der Waals surface area contributed by atoms with Gasteiger partial charge in [0.15, 0.2) is 11.6 Å². The van der Waals surface area contributed by atoms with Gasteiger partial charge in [0.2, 0.25) is 0 Å². The molecule has 0 saturated heterocycles. The van der Waals surface area contributed by atoms with Gasteiger partial charge >= 0.3 is 6.01 Å². The SMILES string of the molecule is Cc1ccccc1-c1nc(OO)nc(-c2ccccc2C)n1. The van der Waals surface area contributed by atoms with E-state index in [1.807, 2.05) is 62.4 Å². The van der Waals surface area contributed by atoms with Crippen LogP contribution in [-0.4, -0.2) is 20.2 Å². The average Bonchev–Trinajstić information content (AvgIpc) is 2.55. The van der Waals surface area contributed by atoms with E-state index < -0.39 is 0 Å². The Morgan fingerprint density at radius 1 is 0.727 bits per heavy atom. The van der Waals surface area contributed by atoms with E-state index in [0.29, 0.717) is 11.6 Å². The van der Waals surface area contributed by atoms with E-state index in [0.717, 1.165) is 22.3 Å². The lowest BCUT2D eigenvalue weighted by molar-refractivity contribution is -0.145. The van der Waals surface area contributed by atoms with Crippen molar-refractivity contribution < 1.29 is 10.1 Å². The van der Waals surface area contributed by atoms with Crippen molar-refractivity contribution >= 4 is 0 Å². The monoisotopic (exact) mass is 293 g/mol. The Labute approximate surface area is 128 Å². The molecule has 2 aromatic carbocycles. The summed E-state index contributed by atoms with van der Waals surface area (Å²) in [5, 5.41) is 8.97. The fraction of sp³-hybridized carbons (Fsp3) is 0.118. The van der Waals surface area contributed by atoms with Crippen molar-refractivity contribution in [3.8, 4) is 28.8 Å². The van der Waals surface area contributed by atoms with Crippen molar-refractivity contribution in [3.05, 3.63) is 59.7 Å². The second-order valence-electron chi connectivity index (χ2n) is 4.99. The summed E-state index contributed by atoms with van der Waals surface area (Å²) in [5.74, 6) is 0.936. The molecule has 110 valence electrons. The zero-order valence-electron chi connectivity index (χ0n) is 12.3. The van der Waals surface area contributed by atoms with Gasteiger partial charge in [0.25, 0.3) is 0 Å². The van der Waals surface area contributed by atoms with Crippen LogP contribution in [0.5, 0.6) is 6.01 Å². The van der Waals surface area contributed by atoms with E-state index in [4.69, 9.17) is 5.26 Å². The molecule has 22 heavy (non-hydrogen) atoms. The molecule has 0 unspecified atom stereocenters. The summed E-state index contributed by atoms with van der Waals surface area (Å²) in [7, 11) is 0. The summed E-state index contributed by atoms with van der Waals surface area (Å²) in [5.41, 5.74) is 3.82. The van der Waals surface area contributed by atoms with Crippen molar-refractivity contribution in [3.63, 3.8) is 0 Å². The topological polar surface area (TPSA) is 68.1 Å². The van der Waals surface area contributed by atoms with E-state index in [9.17, 15) is 0 Å². The van der Waals surface area contributed by atoms with E-state index in [1.165, 1.54) is 0 Å². The predicted octanol–water partition coefficient (Wildman–Crippen LogP) is 3.67. The first-order chi connectivity index (χ1) is 10.7. The Balaban J connectivity index is 2.20. The van der Waals surface area contributed by atoms with Crippen LogP contribution in [0.4, 0.5) is 0 Å². The number of rotatable bonds is 3. The number of aryl methyl sites for hydroxylation is 2. The van der Waals surface area contributed by atoms with Crippen LogP contribution in [0.15, 0.2) is 48.5 Å². The Morgan fingerprint density at radius 3 is 1.59 bits per heavy atom. The fourth-order valence-electron chi connectivity index (χ4n) is 2.29. The minimum absolute atomic E-state index is 0.119. The van der Waals surface area contributed by atoms with Crippen LogP contribution in [0, 0.1) is 13.8 Å². The molecule has 1 heterocycles. The zero-order chi connectivity index (χ0) is 15.5. The largest absolute Gasteiger partial charge is 0.357 e. The van der Waals surface area contributed by atoms with Gasteiger partial charge in [-0.3, -0.25) is 4.89 Å². The Bertz CT molecular complexity index is 755. The van der Waals surface area contributed by atoms with Crippen LogP contribution in [0.3, 0.4) is 0 Å². The molecular weight excluding hydrogens is 278 g/mol. The van der Waals surface area contributed by atoms with Gasteiger partial charge in [0, 0.05) is 11.1 Å². The highest BCUT2D eigenvalue weighted by atomic mass is 17.1. The van der Waals surface area contributed by atoms with Crippen molar-refractivity contribution in [1.82, 2.24) is 15.0 Å². The first-order valence-corrected chi connectivity index (χ1v) is 6.88. The molecule has 0 atom stereocenters. The first-order valence-electron chi connectivity index (χ1n) is 6.88. The molecule has 0 radical (unpaired) electrons. The molecular formula is C17H15N3O2. The number of hydrogen-bond donors (Lipinski definition) is 1. The lowest BCUT2D eigenvalue weighted by Gasteiger charge is -2.09. The molecule has 0 aliphatic heterocycles. The van der Waals surface area contributed by atoms with Gasteiger partial charge in [-0.25, -0.2) is 4.98 Å². The van der Waals surface area contributed by atoms with Gasteiger partial charge in [0.1, 0.15) is 0 Å². The van der Waals surface area contributed by atoms with Gasteiger partial charge in [-0.1, -0.05) is 48.5 Å². The second-order valence-corrected chi connectivity index (χ2v) is 4.99. The van der Waals surface area contributed by atoms with Gasteiger partial charge in [-0.2, -0.15) is 15.2 Å². The maximum atomic E-state index is 8.97. The number of benzene rings is 2. The summed E-state index contributed by atoms with van der Waals surface area (Å²) in [6.07, 6.45) is 0. The maximum absolute atomic E-state index is 8.97.